The average molecular weight is 539 g/mol. The molecular formula is C29H38N4O4S. The Kier molecular flexibility index (Phi) is 8.93. The van der Waals surface area contributed by atoms with Crippen LogP contribution in [0.25, 0.3) is 0 Å². The van der Waals surface area contributed by atoms with Crippen molar-refractivity contribution in [1.29, 1.82) is 0 Å². The fourth-order valence-electron chi connectivity index (χ4n) is 5.06. The molecule has 1 amide bonds. The van der Waals surface area contributed by atoms with Gasteiger partial charge in [-0.1, -0.05) is 23.9 Å². The number of anilines is 1. The number of aromatic nitrogens is 2. The highest BCUT2D eigenvalue weighted by Crippen LogP contribution is 2.38. The lowest BCUT2D eigenvalue weighted by atomic mass is 9.81. The first-order chi connectivity index (χ1) is 18.1. The lowest BCUT2D eigenvalue weighted by Crippen LogP contribution is -2.46. The standard InChI is InChI=1S/C29H38N4O4S/c1-20-6-8-21(9-7-20)27(34)33(25-18-24(14-15-29(2,3)4)38-26(25)28(35)36)23-12-10-22(11-13-23)31-37-19-32-17-5-16-30-32/h5,16-18,20-21,23H,6-13,19H2,1-4H3,(H,35,36)/t20-,21-,23?. The number of hydrogen-bond acceptors (Lipinski definition) is 6. The molecule has 2 aliphatic carbocycles. The number of amides is 1. The summed E-state index contributed by atoms with van der Waals surface area (Å²) in [5.74, 6) is 5.92. The molecule has 2 aromatic heterocycles. The SMILES string of the molecule is CC(C)(C)C#Cc1cc(N(C(=O)[C@H]2CC[C@H](C)CC2)C2CCC(=NOCn3cccn3)CC2)c(C(=O)O)s1. The maximum Gasteiger partial charge on any atom is 0.348 e. The molecule has 0 atom stereocenters. The van der Waals surface area contributed by atoms with Crippen LogP contribution in [0.1, 0.15) is 93.6 Å². The third-order valence-corrected chi connectivity index (χ3v) is 8.20. The van der Waals surface area contributed by atoms with Gasteiger partial charge in [-0.15, -0.1) is 11.3 Å². The summed E-state index contributed by atoms with van der Waals surface area (Å²) >= 11 is 1.16. The second-order valence-electron chi connectivity index (χ2n) is 11.5. The Morgan fingerprint density at radius 2 is 1.92 bits per heavy atom. The molecule has 9 heteroatoms. The molecule has 4 rings (SSSR count). The summed E-state index contributed by atoms with van der Waals surface area (Å²) in [5.41, 5.74) is 1.23. The van der Waals surface area contributed by atoms with Gasteiger partial charge in [-0.25, -0.2) is 9.48 Å². The van der Waals surface area contributed by atoms with E-state index in [1.165, 1.54) is 0 Å². The molecule has 204 valence electrons. The van der Waals surface area contributed by atoms with E-state index in [2.05, 4.69) is 29.0 Å². The van der Waals surface area contributed by atoms with Crippen molar-refractivity contribution >= 4 is 34.6 Å². The maximum atomic E-state index is 14.0. The van der Waals surface area contributed by atoms with Gasteiger partial charge in [0.15, 0.2) is 0 Å². The summed E-state index contributed by atoms with van der Waals surface area (Å²) in [4.78, 5) is 34.5. The number of thiophene rings is 1. The monoisotopic (exact) mass is 538 g/mol. The number of carbonyl (C=O) groups is 2. The number of nitrogens with zero attached hydrogens (tertiary/aromatic N) is 4. The van der Waals surface area contributed by atoms with Gasteiger partial charge in [0.1, 0.15) is 4.88 Å². The number of carbonyl (C=O) groups excluding carboxylic acids is 1. The topological polar surface area (TPSA) is 97.0 Å². The van der Waals surface area contributed by atoms with Crippen LogP contribution in [0, 0.1) is 29.1 Å². The van der Waals surface area contributed by atoms with Crippen molar-refractivity contribution in [3.05, 3.63) is 34.3 Å². The molecule has 38 heavy (non-hydrogen) atoms. The molecule has 2 aromatic rings. The number of hydrogen-bond donors (Lipinski definition) is 1. The van der Waals surface area contributed by atoms with E-state index in [0.29, 0.717) is 42.2 Å². The van der Waals surface area contributed by atoms with Crippen LogP contribution < -0.4 is 4.90 Å². The van der Waals surface area contributed by atoms with Crippen molar-refractivity contribution < 1.29 is 19.5 Å². The molecule has 2 aliphatic rings. The van der Waals surface area contributed by atoms with E-state index in [1.54, 1.807) is 10.9 Å². The van der Waals surface area contributed by atoms with Crippen LogP contribution >= 0.6 is 11.3 Å². The molecule has 0 saturated heterocycles. The summed E-state index contributed by atoms with van der Waals surface area (Å²) in [6.45, 7) is 8.54. The second kappa shape index (κ2) is 12.2. The van der Waals surface area contributed by atoms with Gasteiger partial charge in [0.05, 0.1) is 16.3 Å². The Hall–Kier alpha value is -3.12. The Morgan fingerprint density at radius 1 is 1.21 bits per heavy atom. The Morgan fingerprint density at radius 3 is 2.53 bits per heavy atom. The third-order valence-electron chi connectivity index (χ3n) is 7.17. The number of oxime groups is 1. The number of carboxylic acid groups (broad SMARTS) is 1. The highest BCUT2D eigenvalue weighted by atomic mass is 32.1. The quantitative estimate of drug-likeness (QED) is 0.336. The molecule has 0 radical (unpaired) electrons. The largest absolute Gasteiger partial charge is 0.477 e. The first-order valence-electron chi connectivity index (χ1n) is 13.5. The first-order valence-corrected chi connectivity index (χ1v) is 14.3. The normalized spacial score (nSPS) is 21.8. The van der Waals surface area contributed by atoms with Gasteiger partial charge < -0.3 is 14.8 Å². The first kappa shape index (κ1) is 27.9. The number of rotatable bonds is 7. The summed E-state index contributed by atoms with van der Waals surface area (Å²) in [5, 5.41) is 18.5. The van der Waals surface area contributed by atoms with Crippen LogP contribution in [0.2, 0.25) is 0 Å². The van der Waals surface area contributed by atoms with Crippen LogP contribution in [0.4, 0.5) is 5.69 Å². The molecule has 2 fully saturated rings. The molecule has 0 spiro atoms. The van der Waals surface area contributed by atoms with Crippen molar-refractivity contribution in [3.63, 3.8) is 0 Å². The lowest BCUT2D eigenvalue weighted by molar-refractivity contribution is -0.124. The average Bonchev–Trinajstić information content (AvgIpc) is 3.54. The van der Waals surface area contributed by atoms with E-state index in [4.69, 9.17) is 4.84 Å². The van der Waals surface area contributed by atoms with E-state index >= 15 is 0 Å². The van der Waals surface area contributed by atoms with Gasteiger partial charge in [0.25, 0.3) is 0 Å². The zero-order valence-corrected chi connectivity index (χ0v) is 23.6. The minimum atomic E-state index is -1.02. The van der Waals surface area contributed by atoms with Gasteiger partial charge in [-0.3, -0.25) is 4.79 Å². The zero-order chi connectivity index (χ0) is 27.3. The highest BCUT2D eigenvalue weighted by molar-refractivity contribution is 7.15. The minimum absolute atomic E-state index is 0.0489. The molecule has 0 bridgehead atoms. The highest BCUT2D eigenvalue weighted by Gasteiger charge is 2.37. The molecule has 8 nitrogen and oxygen atoms in total. The van der Waals surface area contributed by atoms with Gasteiger partial charge in [-0.05, 0) is 90.2 Å². The number of carboxylic acids is 1. The van der Waals surface area contributed by atoms with Gasteiger partial charge in [0.2, 0.25) is 12.6 Å². The second-order valence-corrected chi connectivity index (χ2v) is 12.5. The molecule has 1 N–H and O–H groups in total. The van der Waals surface area contributed by atoms with Gasteiger partial charge in [0, 0.05) is 29.8 Å². The molecule has 0 unspecified atom stereocenters. The smallest absolute Gasteiger partial charge is 0.348 e. The van der Waals surface area contributed by atoms with Crippen LogP contribution in [0.5, 0.6) is 0 Å². The zero-order valence-electron chi connectivity index (χ0n) is 22.8. The Labute approximate surface area is 229 Å². The summed E-state index contributed by atoms with van der Waals surface area (Å²) in [6, 6.07) is 3.55. The van der Waals surface area contributed by atoms with Crippen LogP contribution in [0.3, 0.4) is 0 Å². The van der Waals surface area contributed by atoms with Crippen molar-refractivity contribution in [1.82, 2.24) is 9.78 Å². The summed E-state index contributed by atoms with van der Waals surface area (Å²) in [7, 11) is 0. The van der Waals surface area contributed by atoms with Gasteiger partial charge >= 0.3 is 5.97 Å². The molecule has 0 aliphatic heterocycles. The molecular weight excluding hydrogens is 500 g/mol. The molecule has 0 aromatic carbocycles. The fraction of sp³-hybridized carbons (Fsp3) is 0.586. The van der Waals surface area contributed by atoms with Crippen LogP contribution in [-0.4, -0.2) is 38.5 Å². The van der Waals surface area contributed by atoms with Gasteiger partial charge in [-0.2, -0.15) is 5.10 Å². The molecule has 2 saturated carbocycles. The summed E-state index contributed by atoms with van der Waals surface area (Å²) < 4.78 is 1.66. The summed E-state index contributed by atoms with van der Waals surface area (Å²) in [6.07, 6.45) is 10.0. The minimum Gasteiger partial charge on any atom is -0.477 e. The van der Waals surface area contributed by atoms with E-state index in [0.717, 1.165) is 42.7 Å². The predicted octanol–water partition coefficient (Wildman–Crippen LogP) is 6.17. The van der Waals surface area contributed by atoms with Crippen LogP contribution in [-0.2, 0) is 16.4 Å². The van der Waals surface area contributed by atoms with Crippen molar-refractivity contribution in [2.24, 2.45) is 22.4 Å². The number of aromatic carboxylic acids is 1. The van der Waals surface area contributed by atoms with E-state index in [-0.39, 0.29) is 34.9 Å². The lowest BCUT2D eigenvalue weighted by Gasteiger charge is -2.38. The molecule has 2 heterocycles. The van der Waals surface area contributed by atoms with Crippen molar-refractivity contribution in [3.8, 4) is 11.8 Å². The van der Waals surface area contributed by atoms with Crippen molar-refractivity contribution in [2.75, 3.05) is 4.90 Å². The van der Waals surface area contributed by atoms with Crippen molar-refractivity contribution in [2.45, 2.75) is 91.8 Å². The Balaban J connectivity index is 1.57. The van der Waals surface area contributed by atoms with E-state index < -0.39 is 5.97 Å². The fourth-order valence-corrected chi connectivity index (χ4v) is 5.91. The van der Waals surface area contributed by atoms with E-state index in [9.17, 15) is 14.7 Å². The van der Waals surface area contributed by atoms with Crippen LogP contribution in [0.15, 0.2) is 29.7 Å². The maximum absolute atomic E-state index is 14.0. The predicted molar refractivity (Wildman–Crippen MR) is 149 cm³/mol. The Bertz CT molecular complexity index is 1200. The third kappa shape index (κ3) is 7.25. The van der Waals surface area contributed by atoms with E-state index in [1.807, 2.05) is 44.0 Å².